The van der Waals surface area contributed by atoms with Crippen LogP contribution in [0.1, 0.15) is 5.56 Å². The summed E-state index contributed by atoms with van der Waals surface area (Å²) in [5, 5.41) is 3.00. The van der Waals surface area contributed by atoms with Gasteiger partial charge >= 0.3 is 0 Å². The SMILES string of the molecule is O=S(=O)(NC1=NCN(Cc2ccccc2)CN1)c1ccccc1. The number of hydrogen-bond acceptors (Lipinski definition) is 5. The van der Waals surface area contributed by atoms with Crippen molar-refractivity contribution in [2.45, 2.75) is 11.4 Å². The summed E-state index contributed by atoms with van der Waals surface area (Å²) in [4.78, 5) is 6.56. The van der Waals surface area contributed by atoms with E-state index in [4.69, 9.17) is 0 Å². The molecular weight excluding hydrogens is 312 g/mol. The molecule has 120 valence electrons. The lowest BCUT2D eigenvalue weighted by atomic mass is 10.2. The molecule has 1 aliphatic rings. The summed E-state index contributed by atoms with van der Waals surface area (Å²) in [7, 11) is -3.60. The van der Waals surface area contributed by atoms with Crippen LogP contribution in [0.25, 0.3) is 0 Å². The Hall–Kier alpha value is -2.38. The van der Waals surface area contributed by atoms with Gasteiger partial charge in [0.1, 0.15) is 0 Å². The molecule has 0 saturated heterocycles. The van der Waals surface area contributed by atoms with Crippen molar-refractivity contribution in [3.05, 3.63) is 66.2 Å². The Bertz CT molecular complexity index is 776. The van der Waals surface area contributed by atoms with Crippen LogP contribution in [-0.2, 0) is 16.6 Å². The largest absolute Gasteiger partial charge is 0.343 e. The van der Waals surface area contributed by atoms with Crippen molar-refractivity contribution in [3.8, 4) is 0 Å². The number of nitrogens with zero attached hydrogens (tertiary/aromatic N) is 2. The molecule has 2 N–H and O–H groups in total. The highest BCUT2D eigenvalue weighted by atomic mass is 32.2. The number of aliphatic imine (C=N–C) groups is 1. The van der Waals surface area contributed by atoms with Gasteiger partial charge in [-0.1, -0.05) is 48.5 Å². The van der Waals surface area contributed by atoms with E-state index in [2.05, 4.69) is 32.1 Å². The fourth-order valence-corrected chi connectivity index (χ4v) is 3.29. The quantitative estimate of drug-likeness (QED) is 0.887. The molecule has 6 nitrogen and oxygen atoms in total. The van der Waals surface area contributed by atoms with Crippen molar-refractivity contribution in [1.82, 2.24) is 14.9 Å². The van der Waals surface area contributed by atoms with Crippen molar-refractivity contribution in [2.24, 2.45) is 4.99 Å². The molecule has 0 aromatic heterocycles. The zero-order valence-electron chi connectivity index (χ0n) is 12.5. The first-order valence-electron chi connectivity index (χ1n) is 7.26. The molecule has 0 fully saturated rings. The van der Waals surface area contributed by atoms with Crippen LogP contribution in [0, 0.1) is 0 Å². The van der Waals surface area contributed by atoms with E-state index in [-0.39, 0.29) is 10.9 Å². The number of guanidine groups is 1. The molecule has 2 aromatic rings. The first kappa shape index (κ1) is 15.5. The van der Waals surface area contributed by atoms with E-state index in [0.29, 0.717) is 13.3 Å². The number of benzene rings is 2. The van der Waals surface area contributed by atoms with Gasteiger partial charge in [0.05, 0.1) is 18.2 Å². The second-order valence-corrected chi connectivity index (χ2v) is 6.90. The van der Waals surface area contributed by atoms with Gasteiger partial charge in [0.25, 0.3) is 10.0 Å². The highest BCUT2D eigenvalue weighted by Gasteiger charge is 2.19. The van der Waals surface area contributed by atoms with Gasteiger partial charge in [0.2, 0.25) is 5.96 Å². The Kier molecular flexibility index (Phi) is 4.59. The molecule has 23 heavy (non-hydrogen) atoms. The molecule has 7 heteroatoms. The Morgan fingerprint density at radius 2 is 1.70 bits per heavy atom. The van der Waals surface area contributed by atoms with E-state index in [9.17, 15) is 8.42 Å². The topological polar surface area (TPSA) is 73.8 Å². The van der Waals surface area contributed by atoms with Crippen LogP contribution in [0.15, 0.2) is 70.6 Å². The predicted octanol–water partition coefficient (Wildman–Crippen LogP) is 1.34. The zero-order chi connectivity index (χ0) is 16.1. The normalized spacial score (nSPS) is 15.6. The molecule has 0 unspecified atom stereocenters. The molecular formula is C16H18N4O2S. The lowest BCUT2D eigenvalue weighted by Crippen LogP contribution is -2.49. The number of nitrogens with one attached hydrogen (secondary N) is 2. The van der Waals surface area contributed by atoms with E-state index in [1.165, 1.54) is 5.56 Å². The second kappa shape index (κ2) is 6.80. The molecule has 0 aliphatic carbocycles. The zero-order valence-corrected chi connectivity index (χ0v) is 13.3. The predicted molar refractivity (Wildman–Crippen MR) is 89.1 cm³/mol. The Balaban J connectivity index is 1.61. The first-order valence-corrected chi connectivity index (χ1v) is 8.74. The minimum atomic E-state index is -3.60. The van der Waals surface area contributed by atoms with Gasteiger partial charge in [-0.2, -0.15) is 0 Å². The van der Waals surface area contributed by atoms with Crippen LogP contribution < -0.4 is 10.0 Å². The fourth-order valence-electron chi connectivity index (χ4n) is 2.27. The van der Waals surface area contributed by atoms with E-state index in [1.807, 2.05) is 18.2 Å². The Labute approximate surface area is 135 Å². The summed E-state index contributed by atoms with van der Waals surface area (Å²) in [6.45, 7) is 1.73. The summed E-state index contributed by atoms with van der Waals surface area (Å²) >= 11 is 0. The molecule has 1 aliphatic heterocycles. The minimum Gasteiger partial charge on any atom is -0.343 e. The maximum Gasteiger partial charge on any atom is 0.264 e. The van der Waals surface area contributed by atoms with Crippen molar-refractivity contribution >= 4 is 16.0 Å². The van der Waals surface area contributed by atoms with Crippen LogP contribution in [0.5, 0.6) is 0 Å². The van der Waals surface area contributed by atoms with Crippen LogP contribution in [0.3, 0.4) is 0 Å². The lowest BCUT2D eigenvalue weighted by molar-refractivity contribution is 0.255. The molecule has 2 aromatic carbocycles. The van der Waals surface area contributed by atoms with E-state index in [0.717, 1.165) is 6.54 Å². The summed E-state index contributed by atoms with van der Waals surface area (Å²) in [6.07, 6.45) is 0. The molecule has 0 amide bonds. The highest BCUT2D eigenvalue weighted by Crippen LogP contribution is 2.08. The van der Waals surface area contributed by atoms with E-state index >= 15 is 0 Å². The molecule has 0 atom stereocenters. The molecule has 0 bridgehead atoms. The van der Waals surface area contributed by atoms with Gasteiger partial charge in [-0.3, -0.25) is 4.90 Å². The van der Waals surface area contributed by atoms with E-state index in [1.54, 1.807) is 30.3 Å². The van der Waals surface area contributed by atoms with Crippen LogP contribution in [-0.4, -0.2) is 32.6 Å². The van der Waals surface area contributed by atoms with Crippen molar-refractivity contribution in [1.29, 1.82) is 0 Å². The molecule has 1 heterocycles. The Morgan fingerprint density at radius 1 is 1.04 bits per heavy atom. The average Bonchev–Trinajstić information content (AvgIpc) is 2.58. The van der Waals surface area contributed by atoms with Crippen LogP contribution in [0.4, 0.5) is 0 Å². The standard InChI is InChI=1S/C16H18N4O2S/c21-23(22,15-9-5-2-6-10-15)19-16-17-12-20(13-18-16)11-14-7-3-1-4-8-14/h1-10H,11-13H2,(H2,17,18,19). The summed E-state index contributed by atoms with van der Waals surface area (Å²) < 4.78 is 26.9. The van der Waals surface area contributed by atoms with E-state index < -0.39 is 10.0 Å². The summed E-state index contributed by atoms with van der Waals surface area (Å²) in [5.41, 5.74) is 1.19. The van der Waals surface area contributed by atoms with Gasteiger partial charge in [-0.15, -0.1) is 0 Å². The average molecular weight is 330 g/mol. The second-order valence-electron chi connectivity index (χ2n) is 5.22. The fraction of sp³-hybridized carbons (Fsp3) is 0.188. The minimum absolute atomic E-state index is 0.219. The number of sulfonamides is 1. The van der Waals surface area contributed by atoms with Crippen molar-refractivity contribution < 1.29 is 8.42 Å². The van der Waals surface area contributed by atoms with Gasteiger partial charge in [0.15, 0.2) is 0 Å². The molecule has 0 saturated carbocycles. The third kappa shape index (κ3) is 4.08. The highest BCUT2D eigenvalue weighted by molar-refractivity contribution is 7.90. The maximum atomic E-state index is 12.2. The third-order valence-electron chi connectivity index (χ3n) is 3.43. The Morgan fingerprint density at radius 3 is 2.30 bits per heavy atom. The van der Waals surface area contributed by atoms with Crippen LogP contribution in [0.2, 0.25) is 0 Å². The number of rotatable bonds is 4. The van der Waals surface area contributed by atoms with Gasteiger partial charge in [0, 0.05) is 6.54 Å². The first-order chi connectivity index (χ1) is 11.1. The van der Waals surface area contributed by atoms with Gasteiger partial charge in [-0.25, -0.2) is 18.1 Å². The van der Waals surface area contributed by atoms with Gasteiger partial charge in [-0.05, 0) is 17.7 Å². The molecule has 0 radical (unpaired) electrons. The monoisotopic (exact) mass is 330 g/mol. The molecule has 0 spiro atoms. The van der Waals surface area contributed by atoms with Crippen molar-refractivity contribution in [2.75, 3.05) is 13.3 Å². The lowest BCUT2D eigenvalue weighted by Gasteiger charge is -2.27. The van der Waals surface area contributed by atoms with Crippen LogP contribution >= 0.6 is 0 Å². The number of hydrogen-bond donors (Lipinski definition) is 2. The smallest absolute Gasteiger partial charge is 0.264 e. The van der Waals surface area contributed by atoms with Crippen molar-refractivity contribution in [3.63, 3.8) is 0 Å². The summed E-state index contributed by atoms with van der Waals surface area (Å²) in [6, 6.07) is 18.3. The maximum absolute atomic E-state index is 12.2. The van der Waals surface area contributed by atoms with Gasteiger partial charge < -0.3 is 5.32 Å². The third-order valence-corrected chi connectivity index (χ3v) is 4.79. The molecule has 3 rings (SSSR count). The summed E-state index contributed by atoms with van der Waals surface area (Å²) in [5.74, 6) is 0.276.